The van der Waals surface area contributed by atoms with Crippen LogP contribution in [0.15, 0.2) is 0 Å². The molecule has 2 rings (SSSR count). The van der Waals surface area contributed by atoms with Crippen LogP contribution in [0.1, 0.15) is 39.0 Å². The van der Waals surface area contributed by atoms with Crippen LogP contribution in [0.3, 0.4) is 0 Å². The van der Waals surface area contributed by atoms with Crippen molar-refractivity contribution in [2.45, 2.75) is 50.3 Å². The van der Waals surface area contributed by atoms with E-state index in [9.17, 15) is 9.59 Å². The Balaban J connectivity index is 2.06. The van der Waals surface area contributed by atoms with Crippen LogP contribution in [0.2, 0.25) is 0 Å². The van der Waals surface area contributed by atoms with Crippen LogP contribution in [0.4, 0.5) is 4.79 Å². The number of carbonyl (C=O) groups is 2. The Morgan fingerprint density at radius 3 is 2.82 bits per heavy atom. The quantitative estimate of drug-likeness (QED) is 0.757. The van der Waals surface area contributed by atoms with Crippen molar-refractivity contribution >= 4 is 24.6 Å². The zero-order valence-electron chi connectivity index (χ0n) is 10.2. The second-order valence-corrected chi connectivity index (χ2v) is 5.97. The van der Waals surface area contributed by atoms with Crippen LogP contribution in [-0.2, 0) is 4.79 Å². The van der Waals surface area contributed by atoms with Crippen molar-refractivity contribution in [3.63, 3.8) is 0 Å². The molecule has 0 aromatic heterocycles. The Hall–Kier alpha value is -0.710. The fourth-order valence-corrected chi connectivity index (χ4v) is 2.92. The number of hydrogen-bond acceptors (Lipinski definition) is 3. The van der Waals surface area contributed by atoms with Crippen LogP contribution in [0.5, 0.6) is 0 Å². The predicted molar refractivity (Wildman–Crippen MR) is 69.1 cm³/mol. The van der Waals surface area contributed by atoms with E-state index in [1.54, 1.807) is 0 Å². The summed E-state index contributed by atoms with van der Waals surface area (Å²) in [5, 5.41) is 2.76. The van der Waals surface area contributed by atoms with E-state index in [1.807, 2.05) is 11.8 Å². The first kappa shape index (κ1) is 12.7. The highest BCUT2D eigenvalue weighted by Crippen LogP contribution is 2.31. The van der Waals surface area contributed by atoms with Gasteiger partial charge >= 0.3 is 6.03 Å². The van der Waals surface area contributed by atoms with Gasteiger partial charge in [0, 0.05) is 17.8 Å². The minimum Gasteiger partial charge on any atom is -0.321 e. The molecule has 5 heteroatoms. The Morgan fingerprint density at radius 2 is 2.12 bits per heavy atom. The maximum absolute atomic E-state index is 11.8. The van der Waals surface area contributed by atoms with Gasteiger partial charge in [-0.3, -0.25) is 10.1 Å². The van der Waals surface area contributed by atoms with E-state index in [-0.39, 0.29) is 29.1 Å². The first-order valence-electron chi connectivity index (χ1n) is 6.39. The third kappa shape index (κ3) is 2.76. The number of urea groups is 1. The van der Waals surface area contributed by atoms with Gasteiger partial charge < -0.3 is 4.90 Å². The minimum absolute atomic E-state index is 0.0108. The summed E-state index contributed by atoms with van der Waals surface area (Å²) in [6.45, 7) is 2.72. The van der Waals surface area contributed by atoms with Gasteiger partial charge in [-0.25, -0.2) is 4.79 Å². The Morgan fingerprint density at radius 1 is 1.41 bits per heavy atom. The highest BCUT2D eigenvalue weighted by atomic mass is 32.1. The molecule has 0 spiro atoms. The van der Waals surface area contributed by atoms with E-state index in [1.165, 1.54) is 0 Å². The molecule has 1 saturated carbocycles. The fraction of sp³-hybridized carbons (Fsp3) is 0.833. The standard InChI is InChI=1S/C12H20N2O2S/c1-8(17)6-7-14-10-5-3-2-4-9(10)11(15)13-12(14)16/h8-10,17H,2-7H2,1H3,(H,13,15,16). The Bertz CT molecular complexity index is 320. The normalized spacial score (nSPS) is 30.8. The largest absolute Gasteiger partial charge is 0.324 e. The van der Waals surface area contributed by atoms with Crippen molar-refractivity contribution in [2.24, 2.45) is 5.92 Å². The highest BCUT2D eigenvalue weighted by Gasteiger charge is 2.41. The topological polar surface area (TPSA) is 49.4 Å². The lowest BCUT2D eigenvalue weighted by Gasteiger charge is -2.43. The molecule has 1 saturated heterocycles. The summed E-state index contributed by atoms with van der Waals surface area (Å²) in [6, 6.07) is -0.0933. The van der Waals surface area contributed by atoms with Crippen molar-refractivity contribution in [2.75, 3.05) is 6.54 Å². The number of hydrogen-bond donors (Lipinski definition) is 2. The van der Waals surface area contributed by atoms with E-state index < -0.39 is 0 Å². The molecule has 17 heavy (non-hydrogen) atoms. The minimum atomic E-state index is -0.216. The van der Waals surface area contributed by atoms with Crippen molar-refractivity contribution < 1.29 is 9.59 Å². The van der Waals surface area contributed by atoms with Crippen LogP contribution in [0.25, 0.3) is 0 Å². The molecule has 3 atom stereocenters. The van der Waals surface area contributed by atoms with Crippen molar-refractivity contribution in [3.05, 3.63) is 0 Å². The van der Waals surface area contributed by atoms with Crippen LogP contribution in [0, 0.1) is 5.92 Å². The summed E-state index contributed by atoms with van der Waals surface area (Å²) in [5.41, 5.74) is 0. The number of imide groups is 1. The van der Waals surface area contributed by atoms with Gasteiger partial charge in [0.25, 0.3) is 0 Å². The van der Waals surface area contributed by atoms with E-state index in [2.05, 4.69) is 17.9 Å². The molecular formula is C12H20N2O2S. The second kappa shape index (κ2) is 5.29. The fourth-order valence-electron chi connectivity index (χ4n) is 2.80. The molecule has 0 aromatic carbocycles. The summed E-state index contributed by atoms with van der Waals surface area (Å²) < 4.78 is 0. The van der Waals surface area contributed by atoms with Gasteiger partial charge in [-0.1, -0.05) is 19.8 Å². The van der Waals surface area contributed by atoms with Gasteiger partial charge in [0.2, 0.25) is 5.91 Å². The smallest absolute Gasteiger partial charge is 0.321 e. The average Bonchev–Trinajstić information content (AvgIpc) is 2.28. The first-order valence-corrected chi connectivity index (χ1v) is 6.90. The molecule has 3 unspecified atom stereocenters. The maximum Gasteiger partial charge on any atom is 0.324 e. The molecule has 96 valence electrons. The number of amides is 3. The number of carbonyl (C=O) groups excluding carboxylic acids is 2. The Labute approximate surface area is 108 Å². The number of thiol groups is 1. The molecule has 1 aliphatic carbocycles. The van der Waals surface area contributed by atoms with Crippen LogP contribution < -0.4 is 5.32 Å². The number of rotatable bonds is 3. The predicted octanol–water partition coefficient (Wildman–Crippen LogP) is 1.81. The molecule has 1 aliphatic heterocycles. The molecule has 0 bridgehead atoms. The lowest BCUT2D eigenvalue weighted by molar-refractivity contribution is -0.129. The van der Waals surface area contributed by atoms with E-state index in [0.29, 0.717) is 6.54 Å². The van der Waals surface area contributed by atoms with Crippen molar-refractivity contribution in [1.29, 1.82) is 0 Å². The molecular weight excluding hydrogens is 236 g/mol. The zero-order chi connectivity index (χ0) is 12.4. The zero-order valence-corrected chi connectivity index (χ0v) is 11.1. The van der Waals surface area contributed by atoms with Gasteiger partial charge in [0.05, 0.1) is 5.92 Å². The van der Waals surface area contributed by atoms with Gasteiger partial charge in [-0.05, 0) is 19.3 Å². The summed E-state index contributed by atoms with van der Waals surface area (Å²) in [7, 11) is 0. The average molecular weight is 256 g/mol. The molecule has 3 amide bonds. The summed E-state index contributed by atoms with van der Waals surface area (Å²) in [5.74, 6) is -0.0634. The van der Waals surface area contributed by atoms with Gasteiger partial charge in [-0.15, -0.1) is 0 Å². The summed E-state index contributed by atoms with van der Waals surface area (Å²) in [6.07, 6.45) is 4.96. The molecule has 0 aromatic rings. The third-order valence-electron chi connectivity index (χ3n) is 3.75. The molecule has 2 fully saturated rings. The second-order valence-electron chi connectivity index (χ2n) is 5.08. The molecule has 2 aliphatic rings. The molecule has 1 N–H and O–H groups in total. The Kier molecular flexibility index (Phi) is 3.97. The van der Waals surface area contributed by atoms with E-state index >= 15 is 0 Å². The SMILES string of the molecule is CC(S)CCN1C(=O)NC(=O)C2CCCCC21. The monoisotopic (exact) mass is 256 g/mol. The first-order chi connectivity index (χ1) is 8.09. The number of nitrogens with one attached hydrogen (secondary N) is 1. The van der Waals surface area contributed by atoms with Crippen molar-refractivity contribution in [3.8, 4) is 0 Å². The van der Waals surface area contributed by atoms with Crippen LogP contribution in [-0.4, -0.2) is 34.7 Å². The molecule has 1 heterocycles. The number of fused-ring (bicyclic) bond motifs is 1. The summed E-state index contributed by atoms with van der Waals surface area (Å²) in [4.78, 5) is 25.4. The third-order valence-corrected chi connectivity index (χ3v) is 4.00. The molecule has 0 radical (unpaired) electrons. The highest BCUT2D eigenvalue weighted by molar-refractivity contribution is 7.80. The number of nitrogens with zero attached hydrogens (tertiary/aromatic N) is 1. The van der Waals surface area contributed by atoms with E-state index in [4.69, 9.17) is 0 Å². The van der Waals surface area contributed by atoms with Crippen LogP contribution >= 0.6 is 12.6 Å². The lowest BCUT2D eigenvalue weighted by atomic mass is 9.81. The van der Waals surface area contributed by atoms with Crippen molar-refractivity contribution in [1.82, 2.24) is 10.2 Å². The van der Waals surface area contributed by atoms with Gasteiger partial charge in [0.15, 0.2) is 0 Å². The van der Waals surface area contributed by atoms with Gasteiger partial charge in [0.1, 0.15) is 0 Å². The van der Waals surface area contributed by atoms with E-state index in [0.717, 1.165) is 32.1 Å². The van der Waals surface area contributed by atoms with Gasteiger partial charge in [-0.2, -0.15) is 12.6 Å². The summed E-state index contributed by atoms with van der Waals surface area (Å²) >= 11 is 4.34. The lowest BCUT2D eigenvalue weighted by Crippen LogP contribution is -2.61. The maximum atomic E-state index is 11.8. The molecule has 4 nitrogen and oxygen atoms in total.